The van der Waals surface area contributed by atoms with Gasteiger partial charge in [-0.05, 0) is 49.1 Å². The van der Waals surface area contributed by atoms with Gasteiger partial charge in [-0.3, -0.25) is 4.79 Å². The van der Waals surface area contributed by atoms with Crippen molar-refractivity contribution in [2.24, 2.45) is 0 Å². The lowest BCUT2D eigenvalue weighted by Gasteiger charge is -2.07. The monoisotopic (exact) mass is 339 g/mol. The largest absolute Gasteiger partial charge is 0.493 e. The molecule has 0 saturated heterocycles. The summed E-state index contributed by atoms with van der Waals surface area (Å²) in [5.74, 6) is 1.21. The van der Waals surface area contributed by atoms with Gasteiger partial charge >= 0.3 is 0 Å². The van der Waals surface area contributed by atoms with Gasteiger partial charge in [-0.25, -0.2) is 0 Å². The van der Waals surface area contributed by atoms with Crippen LogP contribution in [0.2, 0.25) is 0 Å². The molecule has 1 amide bonds. The number of hydrogen-bond donors (Lipinski definition) is 1. The van der Waals surface area contributed by atoms with Crippen LogP contribution in [-0.2, 0) is 11.2 Å². The van der Waals surface area contributed by atoms with Crippen molar-refractivity contribution in [3.63, 3.8) is 0 Å². The number of nitrogens with one attached hydrogen (secondary N) is 1. The molecular weight excluding hydrogens is 314 g/mol. The number of carbonyl (C=O) groups excluding carboxylic acids is 1. The Hall–Kier alpha value is -2.75. The van der Waals surface area contributed by atoms with Gasteiger partial charge in [0.15, 0.2) is 11.5 Å². The number of ether oxygens (including phenoxy) is 2. The lowest BCUT2D eigenvalue weighted by molar-refractivity contribution is -0.116. The average Bonchev–Trinajstić information content (AvgIpc) is 2.64. The van der Waals surface area contributed by atoms with E-state index in [4.69, 9.17) is 9.47 Å². The summed E-state index contributed by atoms with van der Waals surface area (Å²) in [6, 6.07) is 14.0. The molecule has 0 aliphatic rings. The van der Waals surface area contributed by atoms with Crippen LogP contribution in [0.15, 0.2) is 48.5 Å². The van der Waals surface area contributed by atoms with Crippen LogP contribution in [0.1, 0.15) is 23.1 Å². The highest BCUT2D eigenvalue weighted by Gasteiger charge is 2.03. The van der Waals surface area contributed by atoms with Gasteiger partial charge in [-0.1, -0.05) is 35.9 Å². The summed E-state index contributed by atoms with van der Waals surface area (Å²) in [6.45, 7) is 2.73. The molecule has 0 saturated carbocycles. The second-order valence-electron chi connectivity index (χ2n) is 5.83. The van der Waals surface area contributed by atoms with E-state index in [0.717, 1.165) is 18.4 Å². The topological polar surface area (TPSA) is 47.6 Å². The summed E-state index contributed by atoms with van der Waals surface area (Å²) >= 11 is 0. The minimum atomic E-state index is -0.0984. The summed E-state index contributed by atoms with van der Waals surface area (Å²) in [5, 5.41) is 2.90. The minimum Gasteiger partial charge on any atom is -0.493 e. The van der Waals surface area contributed by atoms with E-state index in [0.29, 0.717) is 18.0 Å². The molecule has 1 N–H and O–H groups in total. The highest BCUT2D eigenvalue weighted by atomic mass is 16.5. The predicted octanol–water partition coefficient (Wildman–Crippen LogP) is 3.77. The van der Waals surface area contributed by atoms with Crippen LogP contribution >= 0.6 is 0 Å². The summed E-state index contributed by atoms with van der Waals surface area (Å²) in [7, 11) is 3.18. The van der Waals surface area contributed by atoms with Crippen molar-refractivity contribution >= 4 is 12.0 Å². The molecule has 0 atom stereocenters. The molecule has 25 heavy (non-hydrogen) atoms. The number of methoxy groups -OCH3 is 2. The third kappa shape index (κ3) is 5.99. The fraction of sp³-hybridized carbons (Fsp3) is 0.286. The Morgan fingerprint density at radius 1 is 1.04 bits per heavy atom. The lowest BCUT2D eigenvalue weighted by atomic mass is 10.1. The van der Waals surface area contributed by atoms with E-state index in [-0.39, 0.29) is 5.91 Å². The van der Waals surface area contributed by atoms with E-state index in [1.165, 1.54) is 17.2 Å². The molecule has 132 valence electrons. The average molecular weight is 339 g/mol. The van der Waals surface area contributed by atoms with Gasteiger partial charge in [0.05, 0.1) is 14.2 Å². The van der Waals surface area contributed by atoms with Crippen molar-refractivity contribution in [1.29, 1.82) is 0 Å². The number of rotatable bonds is 8. The molecule has 0 aromatic heterocycles. The highest BCUT2D eigenvalue weighted by molar-refractivity contribution is 5.91. The molecule has 2 aromatic rings. The van der Waals surface area contributed by atoms with Crippen molar-refractivity contribution in [1.82, 2.24) is 5.32 Å². The van der Waals surface area contributed by atoms with Gasteiger partial charge in [0, 0.05) is 12.6 Å². The van der Waals surface area contributed by atoms with Crippen LogP contribution in [-0.4, -0.2) is 26.7 Å². The minimum absolute atomic E-state index is 0.0984. The zero-order valence-electron chi connectivity index (χ0n) is 15.0. The normalized spacial score (nSPS) is 10.7. The molecule has 2 aromatic carbocycles. The molecule has 0 heterocycles. The molecule has 0 aliphatic heterocycles. The van der Waals surface area contributed by atoms with E-state index in [9.17, 15) is 4.79 Å². The zero-order valence-corrected chi connectivity index (χ0v) is 15.0. The Labute approximate surface area is 149 Å². The molecule has 0 spiro atoms. The van der Waals surface area contributed by atoms with Gasteiger partial charge in [0.2, 0.25) is 5.91 Å². The molecule has 0 radical (unpaired) electrons. The SMILES string of the molecule is COc1ccc(/C=C/C(=O)NCCCc2ccc(C)cc2)cc1OC. The van der Waals surface area contributed by atoms with Crippen LogP contribution in [0.25, 0.3) is 6.08 Å². The van der Waals surface area contributed by atoms with Gasteiger partial charge < -0.3 is 14.8 Å². The van der Waals surface area contributed by atoms with Gasteiger partial charge in [0.25, 0.3) is 0 Å². The number of amides is 1. The number of aryl methyl sites for hydroxylation is 2. The van der Waals surface area contributed by atoms with Crippen molar-refractivity contribution in [2.45, 2.75) is 19.8 Å². The Kier molecular flexibility index (Phi) is 7.08. The molecule has 4 heteroatoms. The first-order chi connectivity index (χ1) is 12.1. The molecule has 0 bridgehead atoms. The summed E-state index contributed by atoms with van der Waals surface area (Å²) in [5.41, 5.74) is 3.44. The smallest absolute Gasteiger partial charge is 0.243 e. The first-order valence-corrected chi connectivity index (χ1v) is 8.36. The third-order valence-electron chi connectivity index (χ3n) is 3.90. The molecular formula is C21H25NO3. The zero-order chi connectivity index (χ0) is 18.1. The Morgan fingerprint density at radius 3 is 2.44 bits per heavy atom. The van der Waals surface area contributed by atoms with Crippen molar-refractivity contribution in [3.05, 3.63) is 65.2 Å². The van der Waals surface area contributed by atoms with Crippen LogP contribution < -0.4 is 14.8 Å². The van der Waals surface area contributed by atoms with Gasteiger partial charge in [-0.15, -0.1) is 0 Å². The Balaban J connectivity index is 1.77. The van der Waals surface area contributed by atoms with E-state index in [2.05, 4.69) is 36.5 Å². The van der Waals surface area contributed by atoms with Crippen molar-refractivity contribution in [2.75, 3.05) is 20.8 Å². The van der Waals surface area contributed by atoms with Crippen LogP contribution in [0.4, 0.5) is 0 Å². The van der Waals surface area contributed by atoms with Crippen LogP contribution in [0.3, 0.4) is 0 Å². The maximum atomic E-state index is 11.9. The van der Waals surface area contributed by atoms with E-state index in [1.807, 2.05) is 18.2 Å². The number of benzene rings is 2. The summed E-state index contributed by atoms with van der Waals surface area (Å²) < 4.78 is 10.4. The predicted molar refractivity (Wildman–Crippen MR) is 101 cm³/mol. The molecule has 2 rings (SSSR count). The second kappa shape index (κ2) is 9.52. The lowest BCUT2D eigenvalue weighted by Crippen LogP contribution is -2.22. The fourth-order valence-electron chi connectivity index (χ4n) is 2.45. The van der Waals surface area contributed by atoms with Crippen molar-refractivity contribution < 1.29 is 14.3 Å². The van der Waals surface area contributed by atoms with Crippen molar-refractivity contribution in [3.8, 4) is 11.5 Å². The quantitative estimate of drug-likeness (QED) is 0.588. The van der Waals surface area contributed by atoms with E-state index in [1.54, 1.807) is 20.3 Å². The van der Waals surface area contributed by atoms with Gasteiger partial charge in [-0.2, -0.15) is 0 Å². The van der Waals surface area contributed by atoms with Gasteiger partial charge in [0.1, 0.15) is 0 Å². The third-order valence-corrected chi connectivity index (χ3v) is 3.90. The summed E-state index contributed by atoms with van der Waals surface area (Å²) in [4.78, 5) is 11.9. The number of carbonyl (C=O) groups is 1. The van der Waals surface area contributed by atoms with E-state index >= 15 is 0 Å². The first kappa shape index (κ1) is 18.6. The fourth-order valence-corrected chi connectivity index (χ4v) is 2.45. The number of hydrogen-bond acceptors (Lipinski definition) is 3. The molecule has 0 unspecified atom stereocenters. The molecule has 4 nitrogen and oxygen atoms in total. The maximum Gasteiger partial charge on any atom is 0.243 e. The Morgan fingerprint density at radius 2 is 1.76 bits per heavy atom. The Bertz CT molecular complexity index is 720. The highest BCUT2D eigenvalue weighted by Crippen LogP contribution is 2.27. The molecule has 0 fully saturated rings. The van der Waals surface area contributed by atoms with E-state index < -0.39 is 0 Å². The maximum absolute atomic E-state index is 11.9. The molecule has 0 aliphatic carbocycles. The van der Waals surface area contributed by atoms with Crippen LogP contribution in [0, 0.1) is 6.92 Å². The first-order valence-electron chi connectivity index (χ1n) is 8.36. The standard InChI is InChI=1S/C21H25NO3/c1-16-6-8-17(9-7-16)5-4-14-22-21(23)13-11-18-10-12-19(24-2)20(15-18)25-3/h6-13,15H,4-5,14H2,1-3H3,(H,22,23)/b13-11+. The second-order valence-corrected chi connectivity index (χ2v) is 5.83. The summed E-state index contributed by atoms with van der Waals surface area (Å²) in [6.07, 6.45) is 5.17. The van der Waals surface area contributed by atoms with Crippen LogP contribution in [0.5, 0.6) is 11.5 Å².